The summed E-state index contributed by atoms with van der Waals surface area (Å²) in [6.45, 7) is 13.9. The van der Waals surface area contributed by atoms with E-state index in [-0.39, 0.29) is 11.1 Å². The molecule has 4 aromatic rings. The topological polar surface area (TPSA) is 83.9 Å². The first-order valence-electron chi connectivity index (χ1n) is 12.9. The third kappa shape index (κ3) is 7.31. The summed E-state index contributed by atoms with van der Waals surface area (Å²) in [6, 6.07) is 17.9. The van der Waals surface area contributed by atoms with Crippen LogP contribution in [0.5, 0.6) is 0 Å². The number of hydrogen-bond donors (Lipinski definition) is 3. The lowest BCUT2D eigenvalue weighted by Gasteiger charge is -2.14. The van der Waals surface area contributed by atoms with Crippen molar-refractivity contribution in [2.24, 2.45) is 0 Å². The van der Waals surface area contributed by atoms with Crippen molar-refractivity contribution in [3.63, 3.8) is 0 Å². The van der Waals surface area contributed by atoms with Crippen LogP contribution in [0, 0.1) is 12.7 Å². The van der Waals surface area contributed by atoms with E-state index < -0.39 is 11.8 Å². The second-order valence-corrected chi connectivity index (χ2v) is 10.8. The second kappa shape index (κ2) is 11.5. The number of urea groups is 1. The Morgan fingerprint density at radius 1 is 0.949 bits per heavy atom. The first kappa shape index (κ1) is 27.6. The van der Waals surface area contributed by atoms with E-state index >= 15 is 0 Å². The minimum Gasteiger partial charge on any atom is -0.345 e. The molecule has 3 N–H and O–H groups in total. The minimum atomic E-state index is -0.551. The number of carbonyl (C=O) groups is 1. The van der Waals surface area contributed by atoms with E-state index in [1.807, 2.05) is 62.4 Å². The van der Waals surface area contributed by atoms with Gasteiger partial charge in [-0.2, -0.15) is 5.10 Å². The fourth-order valence-electron chi connectivity index (χ4n) is 4.01. The van der Waals surface area contributed by atoms with Crippen LogP contribution in [0.1, 0.15) is 50.1 Å². The van der Waals surface area contributed by atoms with E-state index in [0.29, 0.717) is 12.2 Å². The van der Waals surface area contributed by atoms with Crippen molar-refractivity contribution in [2.45, 2.75) is 52.9 Å². The predicted molar refractivity (Wildman–Crippen MR) is 156 cm³/mol. The number of allylic oxidation sites excluding steroid dienone is 1. The number of aromatic nitrogens is 3. The van der Waals surface area contributed by atoms with Crippen LogP contribution in [0.3, 0.4) is 0 Å². The highest BCUT2D eigenvalue weighted by molar-refractivity contribution is 5.99. The normalized spacial score (nSPS) is 11.2. The lowest BCUT2D eigenvalue weighted by molar-refractivity contribution is 0.262. The monoisotopic (exact) mass is 526 g/mol. The summed E-state index contributed by atoms with van der Waals surface area (Å²) in [5.41, 5.74) is 5.37. The maximum absolute atomic E-state index is 14.9. The number of amides is 2. The van der Waals surface area contributed by atoms with E-state index in [4.69, 9.17) is 5.10 Å². The smallest absolute Gasteiger partial charge is 0.324 e. The van der Waals surface area contributed by atoms with Gasteiger partial charge in [-0.15, -0.1) is 0 Å². The molecule has 2 amide bonds. The van der Waals surface area contributed by atoms with Crippen LogP contribution in [0.15, 0.2) is 79.1 Å². The highest BCUT2D eigenvalue weighted by Gasteiger charge is 2.22. The molecule has 202 valence electrons. The molecule has 0 saturated carbocycles. The highest BCUT2D eigenvalue weighted by Crippen LogP contribution is 2.27. The summed E-state index contributed by atoms with van der Waals surface area (Å²) in [5, 5.41) is 13.3. The zero-order chi connectivity index (χ0) is 28.2. The van der Waals surface area contributed by atoms with Crippen molar-refractivity contribution in [1.82, 2.24) is 14.8 Å². The first-order chi connectivity index (χ1) is 18.5. The Morgan fingerprint density at radius 2 is 1.64 bits per heavy atom. The van der Waals surface area contributed by atoms with E-state index in [1.165, 1.54) is 6.07 Å². The van der Waals surface area contributed by atoms with Crippen molar-refractivity contribution >= 4 is 23.4 Å². The summed E-state index contributed by atoms with van der Waals surface area (Å²) in [5.74, 6) is 0.732. The fraction of sp³-hybridized carbons (Fsp3) is 0.258. The first-order valence-corrected chi connectivity index (χ1v) is 12.9. The van der Waals surface area contributed by atoms with Gasteiger partial charge in [-0.1, -0.05) is 51.1 Å². The van der Waals surface area contributed by atoms with Crippen LogP contribution in [-0.4, -0.2) is 20.8 Å². The molecule has 4 rings (SSSR count). The third-order valence-electron chi connectivity index (χ3n) is 6.15. The predicted octanol–water partition coefficient (Wildman–Crippen LogP) is 7.39. The van der Waals surface area contributed by atoms with Gasteiger partial charge in [0, 0.05) is 23.4 Å². The quantitative estimate of drug-likeness (QED) is 0.224. The Bertz CT molecular complexity index is 1480. The number of halogens is 1. The summed E-state index contributed by atoms with van der Waals surface area (Å²) < 4.78 is 16.6. The molecule has 0 saturated heterocycles. The van der Waals surface area contributed by atoms with Gasteiger partial charge >= 0.3 is 6.03 Å². The van der Waals surface area contributed by atoms with Crippen molar-refractivity contribution in [2.75, 3.05) is 16.0 Å². The average molecular weight is 527 g/mol. The number of pyridine rings is 1. The number of rotatable bonds is 8. The molecule has 0 aliphatic rings. The Morgan fingerprint density at radius 3 is 2.28 bits per heavy atom. The Balaban J connectivity index is 1.44. The van der Waals surface area contributed by atoms with Crippen LogP contribution in [-0.2, 0) is 18.3 Å². The lowest BCUT2D eigenvalue weighted by Crippen LogP contribution is -2.22. The number of nitrogens with one attached hydrogen (secondary N) is 3. The zero-order valence-corrected chi connectivity index (χ0v) is 23.1. The molecule has 2 aromatic heterocycles. The van der Waals surface area contributed by atoms with Gasteiger partial charge in [0.05, 0.1) is 17.1 Å². The van der Waals surface area contributed by atoms with Crippen LogP contribution in [0.25, 0.3) is 5.69 Å². The third-order valence-corrected chi connectivity index (χ3v) is 6.15. The van der Waals surface area contributed by atoms with Gasteiger partial charge in [-0.3, -0.25) is 5.32 Å². The van der Waals surface area contributed by atoms with Crippen LogP contribution in [0.4, 0.5) is 26.5 Å². The Hall–Kier alpha value is -4.46. The highest BCUT2D eigenvalue weighted by atomic mass is 19.1. The molecule has 8 heteroatoms. The molecular formula is C31H35FN6O. The van der Waals surface area contributed by atoms with E-state index in [1.54, 1.807) is 16.9 Å². The van der Waals surface area contributed by atoms with E-state index in [2.05, 4.69) is 48.3 Å². The minimum absolute atomic E-state index is 0.102. The molecule has 39 heavy (non-hydrogen) atoms. The molecule has 0 unspecified atom stereocenters. The number of benzene rings is 2. The van der Waals surface area contributed by atoms with Crippen LogP contribution >= 0.6 is 0 Å². The van der Waals surface area contributed by atoms with Crippen molar-refractivity contribution < 1.29 is 9.18 Å². The lowest BCUT2D eigenvalue weighted by atomic mass is 9.92. The molecule has 0 atom stereocenters. The molecule has 0 radical (unpaired) electrons. The van der Waals surface area contributed by atoms with Gasteiger partial charge in [0.2, 0.25) is 0 Å². The summed E-state index contributed by atoms with van der Waals surface area (Å²) in [4.78, 5) is 17.2. The van der Waals surface area contributed by atoms with Gasteiger partial charge in [-0.05, 0) is 74.2 Å². The Labute approximate surface area is 229 Å². The van der Waals surface area contributed by atoms with Crippen LogP contribution in [0.2, 0.25) is 0 Å². The van der Waals surface area contributed by atoms with Gasteiger partial charge < -0.3 is 10.6 Å². The largest absolute Gasteiger partial charge is 0.345 e. The molecule has 2 aromatic carbocycles. The number of carbonyl (C=O) groups excluding carboxylic acids is 1. The molecule has 0 aliphatic heterocycles. The number of aryl methyl sites for hydroxylation is 3. The van der Waals surface area contributed by atoms with Crippen LogP contribution < -0.4 is 16.0 Å². The van der Waals surface area contributed by atoms with Gasteiger partial charge in [-0.25, -0.2) is 18.9 Å². The van der Waals surface area contributed by atoms with E-state index in [0.717, 1.165) is 46.0 Å². The maximum atomic E-state index is 14.9. The SMILES string of the molecule is C=C(C)Nc1cc(CCc2ccc(NC(=O)Nc3cc(C(C)(C)C)nn3-c3ccc(C)cc3)c(F)c2)ccn1. The average Bonchev–Trinajstić information content (AvgIpc) is 3.29. The second-order valence-electron chi connectivity index (χ2n) is 10.8. The van der Waals surface area contributed by atoms with Crippen molar-refractivity contribution in [3.05, 3.63) is 107 Å². The molecule has 0 bridgehead atoms. The molecule has 0 spiro atoms. The number of anilines is 3. The van der Waals surface area contributed by atoms with E-state index in [9.17, 15) is 9.18 Å². The standard InChI is InChI=1S/C31H35FN6O/c1-20(2)34-28-18-23(15-16-33-28)10-9-22-11-14-26(25(32)17-22)35-30(39)36-29-19-27(31(4,5)6)37-38(29)24-12-7-21(3)8-13-24/h7-8,11-19H,1,9-10H2,2-6H3,(H,33,34)(H2,35,36,39). The van der Waals surface area contributed by atoms with Crippen molar-refractivity contribution in [3.8, 4) is 5.69 Å². The van der Waals surface area contributed by atoms with Crippen molar-refractivity contribution in [1.29, 1.82) is 0 Å². The summed E-state index contributed by atoms with van der Waals surface area (Å²) >= 11 is 0. The zero-order valence-electron chi connectivity index (χ0n) is 23.1. The van der Waals surface area contributed by atoms with Gasteiger partial charge in [0.25, 0.3) is 0 Å². The molecule has 0 fully saturated rings. The molecule has 7 nitrogen and oxygen atoms in total. The molecule has 2 heterocycles. The Kier molecular flexibility index (Phi) is 8.14. The number of nitrogens with zero attached hydrogens (tertiary/aromatic N) is 3. The van der Waals surface area contributed by atoms with Gasteiger partial charge in [0.15, 0.2) is 0 Å². The van der Waals surface area contributed by atoms with Gasteiger partial charge in [0.1, 0.15) is 17.5 Å². The molecular weight excluding hydrogens is 491 g/mol. The fourth-order valence-corrected chi connectivity index (χ4v) is 4.01. The maximum Gasteiger partial charge on any atom is 0.324 e. The summed E-state index contributed by atoms with van der Waals surface area (Å²) in [6.07, 6.45) is 3.10. The number of hydrogen-bond acceptors (Lipinski definition) is 4. The molecule has 0 aliphatic carbocycles. The summed E-state index contributed by atoms with van der Waals surface area (Å²) in [7, 11) is 0.